The molecule has 21 heavy (non-hydrogen) atoms. The highest BCUT2D eigenvalue weighted by Crippen LogP contribution is 2.12. The molecule has 1 aromatic carbocycles. The number of amides is 1. The van der Waals surface area contributed by atoms with E-state index in [1.54, 1.807) is 6.07 Å². The minimum absolute atomic E-state index is 0.126. The van der Waals surface area contributed by atoms with Crippen LogP contribution in [0, 0.1) is 5.82 Å². The molecule has 0 aromatic heterocycles. The third-order valence-electron chi connectivity index (χ3n) is 3.56. The highest BCUT2D eigenvalue weighted by Gasteiger charge is 2.19. The van der Waals surface area contributed by atoms with E-state index in [-0.39, 0.29) is 16.7 Å². The lowest BCUT2D eigenvalue weighted by Gasteiger charge is -2.21. The number of hydrogen-bond donors (Lipinski definition) is 1. The average Bonchev–Trinajstić information content (AvgIpc) is 2.91. The number of likely N-dealkylation sites (N-methyl/N-ethyl adjacent to an activating group) is 1. The summed E-state index contributed by atoms with van der Waals surface area (Å²) in [5, 5.41) is 0. The molecule has 2 N–H and O–H groups in total. The Labute approximate surface area is 129 Å². The van der Waals surface area contributed by atoms with Crippen LogP contribution in [0.3, 0.4) is 0 Å². The van der Waals surface area contributed by atoms with Crippen LogP contribution in [0.4, 0.5) is 4.39 Å². The van der Waals surface area contributed by atoms with E-state index < -0.39 is 0 Å². The summed E-state index contributed by atoms with van der Waals surface area (Å²) in [6, 6.07) is 4.53. The van der Waals surface area contributed by atoms with Crippen molar-refractivity contribution in [2.75, 3.05) is 26.7 Å². The molecule has 1 fully saturated rings. The molecule has 114 valence electrons. The summed E-state index contributed by atoms with van der Waals surface area (Å²) in [5.74, 6) is -0.240. The lowest BCUT2D eigenvalue weighted by molar-refractivity contribution is -0.131. The Morgan fingerprint density at radius 2 is 2.05 bits per heavy atom. The number of rotatable bonds is 5. The van der Waals surface area contributed by atoms with E-state index in [4.69, 9.17) is 18.0 Å². The molecular formula is C15H20FN3OS. The highest BCUT2D eigenvalue weighted by molar-refractivity contribution is 7.80. The van der Waals surface area contributed by atoms with Crippen molar-refractivity contribution < 1.29 is 9.18 Å². The first kappa shape index (κ1) is 15.9. The predicted octanol–water partition coefficient (Wildman–Crippen LogP) is 1.51. The van der Waals surface area contributed by atoms with Crippen LogP contribution in [-0.4, -0.2) is 47.4 Å². The Bertz CT molecular complexity index is 544. The number of carbonyl (C=O) groups is 1. The van der Waals surface area contributed by atoms with Gasteiger partial charge in [-0.3, -0.25) is 9.69 Å². The molecule has 4 nitrogen and oxygen atoms in total. The summed E-state index contributed by atoms with van der Waals surface area (Å²) < 4.78 is 13.5. The van der Waals surface area contributed by atoms with Crippen LogP contribution < -0.4 is 5.73 Å². The number of nitrogens with zero attached hydrogens (tertiary/aromatic N) is 2. The zero-order valence-electron chi connectivity index (χ0n) is 12.1. The number of hydrogen-bond acceptors (Lipinski definition) is 3. The molecule has 6 heteroatoms. The second kappa shape index (κ2) is 6.95. The average molecular weight is 309 g/mol. The molecule has 2 rings (SSSR count). The zero-order valence-corrected chi connectivity index (χ0v) is 13.0. The summed E-state index contributed by atoms with van der Waals surface area (Å²) in [6.45, 7) is 2.50. The monoisotopic (exact) mass is 309 g/mol. The second-order valence-corrected chi connectivity index (χ2v) is 5.91. The van der Waals surface area contributed by atoms with Crippen molar-refractivity contribution in [3.63, 3.8) is 0 Å². The van der Waals surface area contributed by atoms with Gasteiger partial charge in [-0.05, 0) is 43.7 Å². The van der Waals surface area contributed by atoms with Gasteiger partial charge in [0, 0.05) is 25.2 Å². The summed E-state index contributed by atoms with van der Waals surface area (Å²) in [6.07, 6.45) is 2.16. The molecule has 0 spiro atoms. The second-order valence-electron chi connectivity index (χ2n) is 5.47. The van der Waals surface area contributed by atoms with E-state index in [2.05, 4.69) is 0 Å². The summed E-state index contributed by atoms with van der Waals surface area (Å²) in [7, 11) is 1.85. The molecule has 1 aliphatic rings. The third-order valence-corrected chi connectivity index (χ3v) is 3.79. The van der Waals surface area contributed by atoms with Crippen LogP contribution in [0.15, 0.2) is 18.2 Å². The van der Waals surface area contributed by atoms with Gasteiger partial charge in [-0.1, -0.05) is 12.2 Å². The van der Waals surface area contributed by atoms with Crippen molar-refractivity contribution in [2.45, 2.75) is 19.4 Å². The van der Waals surface area contributed by atoms with Crippen LogP contribution in [-0.2, 0) is 11.3 Å². The zero-order chi connectivity index (χ0) is 15.4. The van der Waals surface area contributed by atoms with Crippen LogP contribution >= 0.6 is 12.2 Å². The van der Waals surface area contributed by atoms with E-state index in [0.29, 0.717) is 18.7 Å². The van der Waals surface area contributed by atoms with E-state index in [9.17, 15) is 9.18 Å². The molecule has 1 heterocycles. The van der Waals surface area contributed by atoms with Crippen molar-refractivity contribution >= 4 is 23.1 Å². The number of benzene rings is 1. The topological polar surface area (TPSA) is 49.6 Å². The number of carbonyl (C=O) groups excluding carboxylic acids is 1. The molecule has 0 radical (unpaired) electrons. The Morgan fingerprint density at radius 1 is 1.38 bits per heavy atom. The SMILES string of the molecule is CN(CC(=O)N1CCCC1)Cc1cc(F)cc(C(N)=S)c1. The van der Waals surface area contributed by atoms with Crippen molar-refractivity contribution in [1.82, 2.24) is 9.80 Å². The van der Waals surface area contributed by atoms with Crippen molar-refractivity contribution in [3.05, 3.63) is 35.1 Å². The number of thiocarbonyl (C=S) groups is 1. The summed E-state index contributed by atoms with van der Waals surface area (Å²) in [4.78, 5) is 16.0. The maximum atomic E-state index is 13.5. The summed E-state index contributed by atoms with van der Waals surface area (Å²) >= 11 is 4.87. The van der Waals surface area contributed by atoms with Crippen molar-refractivity contribution in [3.8, 4) is 0 Å². The predicted molar refractivity (Wildman–Crippen MR) is 84.4 cm³/mol. The Morgan fingerprint density at radius 3 is 2.67 bits per heavy atom. The van der Waals surface area contributed by atoms with Gasteiger partial charge in [0.25, 0.3) is 0 Å². The van der Waals surface area contributed by atoms with E-state index in [0.717, 1.165) is 31.5 Å². The fourth-order valence-electron chi connectivity index (χ4n) is 2.55. The third kappa shape index (κ3) is 4.47. The highest BCUT2D eigenvalue weighted by atomic mass is 32.1. The number of halogens is 1. The Hall–Kier alpha value is -1.53. The molecule has 1 aromatic rings. The van der Waals surface area contributed by atoms with Gasteiger partial charge in [0.2, 0.25) is 5.91 Å². The molecule has 0 atom stereocenters. The van der Waals surface area contributed by atoms with Crippen LogP contribution in [0.1, 0.15) is 24.0 Å². The van der Waals surface area contributed by atoms with Gasteiger partial charge in [0.05, 0.1) is 6.54 Å². The Kier molecular flexibility index (Phi) is 5.25. The fourth-order valence-corrected chi connectivity index (χ4v) is 2.67. The standard InChI is InChI=1S/C15H20FN3OS/c1-18(10-14(20)19-4-2-3-5-19)9-11-6-12(15(17)21)8-13(16)7-11/h6-8H,2-5,9-10H2,1H3,(H2,17,21). The molecule has 1 aliphatic heterocycles. The molecule has 0 saturated carbocycles. The van der Waals surface area contributed by atoms with Gasteiger partial charge in [0.1, 0.15) is 10.8 Å². The molecular weight excluding hydrogens is 289 g/mol. The van der Waals surface area contributed by atoms with Crippen LogP contribution in [0.25, 0.3) is 0 Å². The largest absolute Gasteiger partial charge is 0.389 e. The summed E-state index contributed by atoms with van der Waals surface area (Å²) in [5.41, 5.74) is 6.81. The van der Waals surface area contributed by atoms with Gasteiger partial charge >= 0.3 is 0 Å². The minimum atomic E-state index is -0.366. The smallest absolute Gasteiger partial charge is 0.236 e. The van der Waals surface area contributed by atoms with Crippen LogP contribution in [0.5, 0.6) is 0 Å². The molecule has 1 amide bonds. The molecule has 0 bridgehead atoms. The molecule has 1 saturated heterocycles. The van der Waals surface area contributed by atoms with Crippen molar-refractivity contribution in [2.24, 2.45) is 5.73 Å². The van der Waals surface area contributed by atoms with Gasteiger partial charge in [-0.15, -0.1) is 0 Å². The van der Waals surface area contributed by atoms with Gasteiger partial charge in [-0.2, -0.15) is 0 Å². The van der Waals surface area contributed by atoms with Crippen LogP contribution in [0.2, 0.25) is 0 Å². The quantitative estimate of drug-likeness (QED) is 0.838. The van der Waals surface area contributed by atoms with E-state index in [1.165, 1.54) is 12.1 Å². The lowest BCUT2D eigenvalue weighted by atomic mass is 10.1. The minimum Gasteiger partial charge on any atom is -0.389 e. The first-order valence-electron chi connectivity index (χ1n) is 7.01. The lowest BCUT2D eigenvalue weighted by Crippen LogP contribution is -2.37. The fraction of sp³-hybridized carbons (Fsp3) is 0.467. The number of likely N-dealkylation sites (tertiary alicyclic amines) is 1. The van der Waals surface area contributed by atoms with Gasteiger partial charge in [-0.25, -0.2) is 4.39 Å². The van der Waals surface area contributed by atoms with Gasteiger partial charge < -0.3 is 10.6 Å². The van der Waals surface area contributed by atoms with Crippen molar-refractivity contribution in [1.29, 1.82) is 0 Å². The first-order chi connectivity index (χ1) is 9.95. The maximum absolute atomic E-state index is 13.5. The normalized spacial score (nSPS) is 14.7. The maximum Gasteiger partial charge on any atom is 0.236 e. The van der Waals surface area contributed by atoms with E-state index in [1.807, 2.05) is 16.8 Å². The molecule has 0 aliphatic carbocycles. The Balaban J connectivity index is 1.97. The molecule has 0 unspecified atom stereocenters. The number of nitrogens with two attached hydrogens (primary N) is 1. The van der Waals surface area contributed by atoms with Gasteiger partial charge in [0.15, 0.2) is 0 Å². The van der Waals surface area contributed by atoms with E-state index >= 15 is 0 Å². The first-order valence-corrected chi connectivity index (χ1v) is 7.42.